The van der Waals surface area contributed by atoms with Crippen LogP contribution in [0.1, 0.15) is 22.9 Å². The first-order chi connectivity index (χ1) is 17.8. The zero-order valence-corrected chi connectivity index (χ0v) is 20.4. The van der Waals surface area contributed by atoms with Crippen LogP contribution in [0.2, 0.25) is 0 Å². The van der Waals surface area contributed by atoms with Crippen molar-refractivity contribution in [2.45, 2.75) is 13.0 Å². The van der Waals surface area contributed by atoms with E-state index in [0.29, 0.717) is 27.9 Å². The summed E-state index contributed by atoms with van der Waals surface area (Å²) in [6.45, 7) is 1.98. The van der Waals surface area contributed by atoms with Gasteiger partial charge < -0.3 is 9.88 Å². The molecule has 0 saturated heterocycles. The van der Waals surface area contributed by atoms with E-state index in [1.165, 1.54) is 17.7 Å². The molecule has 0 spiro atoms. The minimum atomic E-state index is -0.699. The first-order valence-electron chi connectivity index (χ1n) is 11.8. The van der Waals surface area contributed by atoms with Crippen molar-refractivity contribution in [2.24, 2.45) is 14.1 Å². The molecule has 0 aliphatic carbocycles. The van der Waals surface area contributed by atoms with E-state index in [2.05, 4.69) is 5.32 Å². The van der Waals surface area contributed by atoms with E-state index < -0.39 is 22.2 Å². The van der Waals surface area contributed by atoms with E-state index in [0.717, 1.165) is 27.1 Å². The molecule has 0 fully saturated rings. The number of nitro benzene ring substituents is 1. The van der Waals surface area contributed by atoms with Crippen LogP contribution >= 0.6 is 0 Å². The number of benzene rings is 3. The molecule has 0 bridgehead atoms. The molecule has 1 aliphatic rings. The molecule has 6 rings (SSSR count). The summed E-state index contributed by atoms with van der Waals surface area (Å²) in [7, 11) is 3.09. The van der Waals surface area contributed by atoms with Crippen LogP contribution in [0.4, 0.5) is 11.4 Å². The third-order valence-corrected chi connectivity index (χ3v) is 7.06. The molecule has 9 heteroatoms. The lowest BCUT2D eigenvalue weighted by molar-refractivity contribution is -0.385. The summed E-state index contributed by atoms with van der Waals surface area (Å²) in [5.74, 6) is 0. The molecule has 3 heterocycles. The van der Waals surface area contributed by atoms with Crippen LogP contribution in [0.3, 0.4) is 0 Å². The highest BCUT2D eigenvalue weighted by Gasteiger charge is 2.37. The number of hydrogen-bond donors (Lipinski definition) is 1. The number of fused-ring (bicyclic) bond motifs is 5. The molecule has 3 aromatic carbocycles. The summed E-state index contributed by atoms with van der Waals surface area (Å²) in [6.07, 6.45) is 0. The molecule has 1 atom stereocenters. The molecule has 37 heavy (non-hydrogen) atoms. The molecule has 0 amide bonds. The zero-order chi connectivity index (χ0) is 26.0. The summed E-state index contributed by atoms with van der Waals surface area (Å²) >= 11 is 0. The van der Waals surface area contributed by atoms with Gasteiger partial charge in [-0.2, -0.15) is 0 Å². The van der Waals surface area contributed by atoms with Gasteiger partial charge >= 0.3 is 5.69 Å². The Balaban J connectivity index is 1.88. The first-order valence-corrected chi connectivity index (χ1v) is 11.8. The van der Waals surface area contributed by atoms with Crippen LogP contribution in [0.25, 0.3) is 27.8 Å². The van der Waals surface area contributed by atoms with Crippen molar-refractivity contribution in [3.05, 3.63) is 121 Å². The number of hydrogen-bond acceptors (Lipinski definition) is 5. The number of nitrogens with one attached hydrogen (secondary N) is 1. The molecular formula is C28H23N5O4. The normalized spacial score (nSPS) is 14.2. The lowest BCUT2D eigenvalue weighted by Gasteiger charge is -2.31. The standard InChI is InChI=1S/C28H23N5O4/c1-16-9-8-10-17(15-16)24-22-25(30(2)28(35)31(3)27(22)34)26-23(18-11-4-6-13-20(18)33(36)37)29-19-12-5-7-14-21(19)32(24)26/h4-15,23,29H,1-3H3/t23-/m1/s1. The maximum absolute atomic E-state index is 13.7. The zero-order valence-electron chi connectivity index (χ0n) is 20.4. The van der Waals surface area contributed by atoms with Gasteiger partial charge in [-0.25, -0.2) is 4.79 Å². The molecule has 2 aromatic heterocycles. The van der Waals surface area contributed by atoms with Gasteiger partial charge in [-0.3, -0.25) is 24.0 Å². The first kappa shape index (κ1) is 22.5. The van der Waals surface area contributed by atoms with Crippen LogP contribution < -0.4 is 16.6 Å². The van der Waals surface area contributed by atoms with Crippen molar-refractivity contribution >= 4 is 22.3 Å². The summed E-state index contributed by atoms with van der Waals surface area (Å²) < 4.78 is 4.54. The minimum Gasteiger partial charge on any atom is -0.371 e. The van der Waals surface area contributed by atoms with Crippen LogP contribution in [0.15, 0.2) is 82.4 Å². The summed E-state index contributed by atoms with van der Waals surface area (Å²) in [6, 6.07) is 21.3. The van der Waals surface area contributed by atoms with Gasteiger partial charge in [-0.15, -0.1) is 0 Å². The number of aromatic nitrogens is 3. The molecular weight excluding hydrogens is 470 g/mol. The fourth-order valence-corrected chi connectivity index (χ4v) is 5.42. The molecule has 1 aliphatic heterocycles. The maximum atomic E-state index is 13.7. The fraction of sp³-hybridized carbons (Fsp3) is 0.143. The van der Waals surface area contributed by atoms with E-state index in [4.69, 9.17) is 0 Å². The van der Waals surface area contributed by atoms with Crippen molar-refractivity contribution in [1.82, 2.24) is 13.7 Å². The molecule has 184 valence electrons. The van der Waals surface area contributed by atoms with Crippen molar-refractivity contribution < 1.29 is 4.92 Å². The number of anilines is 1. The third-order valence-electron chi connectivity index (χ3n) is 7.06. The highest BCUT2D eigenvalue weighted by Crippen LogP contribution is 2.46. The van der Waals surface area contributed by atoms with Gasteiger partial charge in [0.1, 0.15) is 6.04 Å². The predicted octanol–water partition coefficient (Wildman–Crippen LogP) is 4.43. The van der Waals surface area contributed by atoms with Gasteiger partial charge in [0.25, 0.3) is 11.2 Å². The van der Waals surface area contributed by atoms with E-state index >= 15 is 0 Å². The number of nitro groups is 1. The van der Waals surface area contributed by atoms with Crippen LogP contribution in [0.5, 0.6) is 0 Å². The van der Waals surface area contributed by atoms with Gasteiger partial charge in [0.2, 0.25) is 0 Å². The van der Waals surface area contributed by atoms with E-state index in [-0.39, 0.29) is 5.69 Å². The van der Waals surface area contributed by atoms with Gasteiger partial charge in [0.15, 0.2) is 0 Å². The Morgan fingerprint density at radius 1 is 0.919 bits per heavy atom. The Morgan fingerprint density at radius 3 is 2.41 bits per heavy atom. The average molecular weight is 494 g/mol. The van der Waals surface area contributed by atoms with Crippen LogP contribution in [-0.4, -0.2) is 18.6 Å². The largest absolute Gasteiger partial charge is 0.371 e. The maximum Gasteiger partial charge on any atom is 0.331 e. The quantitative estimate of drug-likeness (QED) is 0.296. The van der Waals surface area contributed by atoms with Crippen molar-refractivity contribution in [2.75, 3.05) is 5.32 Å². The molecule has 0 unspecified atom stereocenters. The Labute approximate surface area is 211 Å². The van der Waals surface area contributed by atoms with Gasteiger partial charge in [-0.05, 0) is 36.8 Å². The molecule has 5 aromatic rings. The van der Waals surface area contributed by atoms with Crippen molar-refractivity contribution in [3.8, 4) is 16.9 Å². The summed E-state index contributed by atoms with van der Waals surface area (Å²) in [5, 5.41) is 15.9. The molecule has 1 N–H and O–H groups in total. The highest BCUT2D eigenvalue weighted by molar-refractivity contribution is 5.99. The second-order valence-corrected chi connectivity index (χ2v) is 9.28. The lowest BCUT2D eigenvalue weighted by atomic mass is 9.98. The smallest absolute Gasteiger partial charge is 0.331 e. The predicted molar refractivity (Wildman–Crippen MR) is 142 cm³/mol. The molecule has 9 nitrogen and oxygen atoms in total. The molecule has 0 radical (unpaired) electrons. The highest BCUT2D eigenvalue weighted by atomic mass is 16.6. The molecule has 0 saturated carbocycles. The average Bonchev–Trinajstić information content (AvgIpc) is 3.27. The Bertz CT molecular complexity index is 1880. The number of nitrogens with zero attached hydrogens (tertiary/aromatic N) is 4. The SMILES string of the molecule is Cc1cccc(-c2c3c(=O)n(C)c(=O)n(C)c3c3n2-c2ccccc2N[C@@H]3c2ccccc2[N+](=O)[O-])c1. The Kier molecular flexibility index (Phi) is 4.91. The van der Waals surface area contributed by atoms with Gasteiger partial charge in [0, 0.05) is 20.2 Å². The van der Waals surface area contributed by atoms with E-state index in [9.17, 15) is 19.7 Å². The second-order valence-electron chi connectivity index (χ2n) is 9.28. The Morgan fingerprint density at radius 2 is 1.65 bits per heavy atom. The van der Waals surface area contributed by atoms with Gasteiger partial charge in [0.05, 0.1) is 44.2 Å². The second kappa shape index (κ2) is 8.06. The van der Waals surface area contributed by atoms with Crippen LogP contribution in [0, 0.1) is 17.0 Å². The monoisotopic (exact) mass is 493 g/mol. The number of rotatable bonds is 3. The van der Waals surface area contributed by atoms with Crippen molar-refractivity contribution in [1.29, 1.82) is 0 Å². The van der Waals surface area contributed by atoms with Crippen LogP contribution in [-0.2, 0) is 14.1 Å². The summed E-state index contributed by atoms with van der Waals surface area (Å²) in [5.41, 5.74) is 4.54. The summed E-state index contributed by atoms with van der Waals surface area (Å²) in [4.78, 5) is 38.5. The van der Waals surface area contributed by atoms with E-state index in [1.54, 1.807) is 25.2 Å². The third kappa shape index (κ3) is 3.17. The topological polar surface area (TPSA) is 104 Å². The minimum absolute atomic E-state index is 0.0498. The fourth-order valence-electron chi connectivity index (χ4n) is 5.42. The van der Waals surface area contributed by atoms with E-state index in [1.807, 2.05) is 60.0 Å². The van der Waals surface area contributed by atoms with Crippen molar-refractivity contribution in [3.63, 3.8) is 0 Å². The van der Waals surface area contributed by atoms with Gasteiger partial charge in [-0.1, -0.05) is 48.0 Å². The number of para-hydroxylation sites is 3. The Hall–Kier alpha value is -4.92. The lowest BCUT2D eigenvalue weighted by Crippen LogP contribution is -2.37. The number of aryl methyl sites for hydroxylation is 2.